The van der Waals surface area contributed by atoms with Crippen molar-refractivity contribution in [3.8, 4) is 61.6 Å². The van der Waals surface area contributed by atoms with Crippen molar-refractivity contribution in [2.24, 2.45) is 0 Å². The molecule has 0 spiro atoms. The molecule has 3 aromatic heterocycles. The Bertz CT molecular complexity index is 3990. The predicted molar refractivity (Wildman–Crippen MR) is 291 cm³/mol. The summed E-state index contributed by atoms with van der Waals surface area (Å²) in [6.45, 7) is 0. The van der Waals surface area contributed by atoms with Gasteiger partial charge in [0.25, 0.3) is 0 Å². The molecule has 69 heavy (non-hydrogen) atoms. The monoisotopic (exact) mass is 877 g/mol. The standard InChI is InChI=1S/C66H43N3/c1-4-14-52(15-5-1)67-61-22-12-10-20-55(61)57-40-48(32-36-63(57)67)44-24-28-46(29-25-44)50-34-38-65-59(42-50)60-43-51(35-39-66(60)69(65)54-18-8-3-9-19-54)47-30-26-45(27-31-47)49-33-37-64-58(41-49)56-21-11-13-23-62(56)68(64)53-16-6-2-7-17-53/h1-43H. The van der Waals surface area contributed by atoms with Crippen LogP contribution >= 0.6 is 0 Å². The van der Waals surface area contributed by atoms with Gasteiger partial charge in [-0.05, 0) is 142 Å². The molecular formula is C66H43N3. The summed E-state index contributed by atoms with van der Waals surface area (Å²) < 4.78 is 7.15. The summed E-state index contributed by atoms with van der Waals surface area (Å²) in [6, 6.07) is 95.4. The molecule has 0 unspecified atom stereocenters. The number of fused-ring (bicyclic) bond motifs is 9. The van der Waals surface area contributed by atoms with E-state index in [0.29, 0.717) is 0 Å². The van der Waals surface area contributed by atoms with Gasteiger partial charge in [0.1, 0.15) is 0 Å². The molecule has 0 N–H and O–H groups in total. The van der Waals surface area contributed by atoms with Crippen LogP contribution in [0.15, 0.2) is 261 Å². The van der Waals surface area contributed by atoms with E-state index in [1.165, 1.54) is 121 Å². The van der Waals surface area contributed by atoms with E-state index in [0.717, 1.165) is 5.69 Å². The van der Waals surface area contributed by atoms with Crippen LogP contribution in [0.3, 0.4) is 0 Å². The quantitative estimate of drug-likeness (QED) is 0.152. The van der Waals surface area contributed by atoms with Gasteiger partial charge in [0, 0.05) is 49.4 Å². The summed E-state index contributed by atoms with van der Waals surface area (Å²) in [4.78, 5) is 0. The number of rotatable bonds is 7. The van der Waals surface area contributed by atoms with Crippen molar-refractivity contribution in [3.63, 3.8) is 0 Å². The van der Waals surface area contributed by atoms with Gasteiger partial charge < -0.3 is 13.7 Å². The SMILES string of the molecule is c1ccc(-n2c3ccccc3c3cc(-c4ccc(-c5ccc6c(c5)c5cc(-c7ccc(-c8ccc9c(c8)c8ccccc8n9-c8ccccc8)cc7)ccc5n6-c5ccccc5)cc4)ccc32)cc1. The maximum Gasteiger partial charge on any atom is 0.0541 e. The van der Waals surface area contributed by atoms with Crippen molar-refractivity contribution in [1.29, 1.82) is 0 Å². The molecule has 14 aromatic rings. The highest BCUT2D eigenvalue weighted by Gasteiger charge is 2.18. The lowest BCUT2D eigenvalue weighted by molar-refractivity contribution is 1.18. The molecule has 0 radical (unpaired) electrons. The second-order valence-electron chi connectivity index (χ2n) is 18.1. The van der Waals surface area contributed by atoms with E-state index < -0.39 is 0 Å². The first kappa shape index (κ1) is 39.0. The van der Waals surface area contributed by atoms with Gasteiger partial charge in [0.05, 0.1) is 33.1 Å². The minimum atomic E-state index is 1.15. The maximum absolute atomic E-state index is 2.40. The van der Waals surface area contributed by atoms with Crippen LogP contribution in [0.1, 0.15) is 0 Å². The molecule has 0 fully saturated rings. The van der Waals surface area contributed by atoms with Crippen molar-refractivity contribution in [2.45, 2.75) is 0 Å². The topological polar surface area (TPSA) is 14.8 Å². The molecule has 0 saturated carbocycles. The molecule has 0 saturated heterocycles. The highest BCUT2D eigenvalue weighted by Crippen LogP contribution is 2.40. The minimum Gasteiger partial charge on any atom is -0.309 e. The largest absolute Gasteiger partial charge is 0.309 e. The van der Waals surface area contributed by atoms with E-state index in [2.05, 4.69) is 275 Å². The molecule has 3 heteroatoms. The zero-order valence-corrected chi connectivity index (χ0v) is 37.7. The Morgan fingerprint density at radius 2 is 0.377 bits per heavy atom. The molecule has 3 heterocycles. The van der Waals surface area contributed by atoms with Crippen LogP contribution in [0.5, 0.6) is 0 Å². The number of hydrogen-bond donors (Lipinski definition) is 0. The smallest absolute Gasteiger partial charge is 0.0541 e. The Morgan fingerprint density at radius 1 is 0.159 bits per heavy atom. The Labute approximate surface area is 399 Å². The number of para-hydroxylation sites is 5. The first-order valence-corrected chi connectivity index (χ1v) is 23.7. The zero-order valence-electron chi connectivity index (χ0n) is 37.7. The van der Waals surface area contributed by atoms with E-state index in [1.54, 1.807) is 0 Å². The molecule has 322 valence electrons. The highest BCUT2D eigenvalue weighted by atomic mass is 15.0. The summed E-state index contributed by atoms with van der Waals surface area (Å²) in [6.07, 6.45) is 0. The lowest BCUT2D eigenvalue weighted by atomic mass is 9.97. The van der Waals surface area contributed by atoms with Gasteiger partial charge in [0.15, 0.2) is 0 Å². The maximum atomic E-state index is 2.40. The van der Waals surface area contributed by atoms with Crippen molar-refractivity contribution in [3.05, 3.63) is 261 Å². The van der Waals surface area contributed by atoms with Crippen molar-refractivity contribution in [2.75, 3.05) is 0 Å². The number of benzene rings is 11. The van der Waals surface area contributed by atoms with Crippen LogP contribution in [0.4, 0.5) is 0 Å². The fraction of sp³-hybridized carbons (Fsp3) is 0. The zero-order chi connectivity index (χ0) is 45.4. The van der Waals surface area contributed by atoms with E-state index in [1.807, 2.05) is 0 Å². The average molecular weight is 878 g/mol. The van der Waals surface area contributed by atoms with Crippen LogP contribution in [0.2, 0.25) is 0 Å². The Balaban J connectivity index is 0.820. The van der Waals surface area contributed by atoms with Gasteiger partial charge >= 0.3 is 0 Å². The fourth-order valence-electron chi connectivity index (χ4n) is 11.0. The molecule has 0 aliphatic rings. The number of hydrogen-bond acceptors (Lipinski definition) is 0. The van der Waals surface area contributed by atoms with E-state index in [-0.39, 0.29) is 0 Å². The lowest BCUT2D eigenvalue weighted by Gasteiger charge is -2.09. The molecule has 0 bridgehead atoms. The number of nitrogens with zero attached hydrogens (tertiary/aromatic N) is 3. The summed E-state index contributed by atoms with van der Waals surface area (Å²) in [5.74, 6) is 0. The predicted octanol–water partition coefficient (Wildman–Crippen LogP) is 17.6. The molecule has 11 aromatic carbocycles. The first-order chi connectivity index (χ1) is 34.2. The van der Waals surface area contributed by atoms with Crippen LogP contribution in [-0.2, 0) is 0 Å². The van der Waals surface area contributed by atoms with Gasteiger partial charge in [0.2, 0.25) is 0 Å². The lowest BCUT2D eigenvalue weighted by Crippen LogP contribution is -1.93. The first-order valence-electron chi connectivity index (χ1n) is 23.7. The van der Waals surface area contributed by atoms with Gasteiger partial charge in [-0.1, -0.05) is 164 Å². The summed E-state index contributed by atoms with van der Waals surface area (Å²) in [5.41, 5.74) is 20.3. The summed E-state index contributed by atoms with van der Waals surface area (Å²) >= 11 is 0. The van der Waals surface area contributed by atoms with Gasteiger partial charge in [-0.3, -0.25) is 0 Å². The molecule has 14 rings (SSSR count). The molecule has 0 aliphatic heterocycles. The van der Waals surface area contributed by atoms with Crippen LogP contribution in [0.25, 0.3) is 127 Å². The van der Waals surface area contributed by atoms with E-state index in [9.17, 15) is 0 Å². The Hall–Kier alpha value is -9.18. The normalized spacial score (nSPS) is 11.8. The third kappa shape index (κ3) is 6.36. The van der Waals surface area contributed by atoms with Gasteiger partial charge in [-0.25, -0.2) is 0 Å². The van der Waals surface area contributed by atoms with Gasteiger partial charge in [-0.15, -0.1) is 0 Å². The second kappa shape index (κ2) is 15.7. The van der Waals surface area contributed by atoms with Crippen molar-refractivity contribution < 1.29 is 0 Å². The third-order valence-corrected chi connectivity index (χ3v) is 14.3. The summed E-state index contributed by atoms with van der Waals surface area (Å²) in [5, 5.41) is 7.50. The molecule has 0 aliphatic carbocycles. The van der Waals surface area contributed by atoms with Crippen LogP contribution < -0.4 is 0 Å². The Kier molecular flexibility index (Phi) is 8.90. The number of aromatic nitrogens is 3. The second-order valence-corrected chi connectivity index (χ2v) is 18.1. The Morgan fingerprint density at radius 3 is 0.667 bits per heavy atom. The van der Waals surface area contributed by atoms with Gasteiger partial charge in [-0.2, -0.15) is 0 Å². The van der Waals surface area contributed by atoms with E-state index in [4.69, 9.17) is 0 Å². The molecule has 0 amide bonds. The highest BCUT2D eigenvalue weighted by molar-refractivity contribution is 6.13. The third-order valence-electron chi connectivity index (χ3n) is 14.3. The summed E-state index contributed by atoms with van der Waals surface area (Å²) in [7, 11) is 0. The van der Waals surface area contributed by atoms with E-state index >= 15 is 0 Å². The fourth-order valence-corrected chi connectivity index (χ4v) is 11.0. The molecular weight excluding hydrogens is 835 g/mol. The average Bonchev–Trinajstić information content (AvgIpc) is 4.06. The van der Waals surface area contributed by atoms with Crippen molar-refractivity contribution >= 4 is 65.4 Å². The van der Waals surface area contributed by atoms with Crippen molar-refractivity contribution in [1.82, 2.24) is 13.7 Å². The van der Waals surface area contributed by atoms with Crippen LogP contribution in [0, 0.1) is 0 Å². The minimum absolute atomic E-state index is 1.15. The van der Waals surface area contributed by atoms with Crippen LogP contribution in [-0.4, -0.2) is 13.7 Å². The molecule has 0 atom stereocenters. The molecule has 3 nitrogen and oxygen atoms in total.